The fraction of sp³-hybridized carbons (Fsp3) is 0.500. The molecular weight excluding hydrogens is 410 g/mol. The minimum Gasteiger partial charge on any atom is -0.464 e. The summed E-state index contributed by atoms with van der Waals surface area (Å²) in [6.45, 7) is 2.92. The number of nitrogens with zero attached hydrogens (tertiary/aromatic N) is 4. The molecular formula is C20H24ClN5O4. The van der Waals surface area contributed by atoms with Gasteiger partial charge in [-0.15, -0.1) is 12.4 Å². The van der Waals surface area contributed by atoms with Crippen LogP contribution in [0.4, 0.5) is 0 Å². The molecule has 0 aromatic carbocycles. The van der Waals surface area contributed by atoms with Gasteiger partial charge in [-0.2, -0.15) is 5.10 Å². The van der Waals surface area contributed by atoms with Crippen molar-refractivity contribution in [2.75, 3.05) is 26.7 Å². The van der Waals surface area contributed by atoms with Crippen LogP contribution in [0.3, 0.4) is 0 Å². The molecule has 1 N–H and O–H groups in total. The highest BCUT2D eigenvalue weighted by Crippen LogP contribution is 2.39. The molecule has 5 heterocycles. The number of nitrogens with one attached hydrogen (secondary N) is 1. The molecule has 9 nitrogen and oxygen atoms in total. The highest BCUT2D eigenvalue weighted by atomic mass is 35.5. The van der Waals surface area contributed by atoms with Crippen LogP contribution in [0.25, 0.3) is 0 Å². The Morgan fingerprint density at radius 3 is 2.87 bits per heavy atom. The van der Waals surface area contributed by atoms with Crippen LogP contribution in [-0.4, -0.2) is 57.9 Å². The number of amides is 1. The molecule has 160 valence electrons. The van der Waals surface area contributed by atoms with Crippen molar-refractivity contribution in [1.29, 1.82) is 0 Å². The molecule has 10 heteroatoms. The van der Waals surface area contributed by atoms with Crippen LogP contribution in [-0.2, 0) is 22.6 Å². The zero-order chi connectivity index (χ0) is 20.1. The third-order valence-electron chi connectivity index (χ3n) is 6.31. The second-order valence-electron chi connectivity index (χ2n) is 7.95. The Morgan fingerprint density at radius 2 is 2.07 bits per heavy atom. The van der Waals surface area contributed by atoms with Crippen LogP contribution in [0, 0.1) is 5.92 Å². The summed E-state index contributed by atoms with van der Waals surface area (Å²) in [5.41, 5.74) is 1.86. The van der Waals surface area contributed by atoms with Gasteiger partial charge < -0.3 is 15.0 Å². The van der Waals surface area contributed by atoms with Gasteiger partial charge in [0.15, 0.2) is 5.69 Å². The van der Waals surface area contributed by atoms with Crippen LogP contribution in [0.1, 0.15) is 40.3 Å². The SMILES string of the molecule is COC(=O)c1cc2n(n1)CCN(C(=O)[C@H]1[C@@H]3CNC[C@@H](C3)c3cccc(=O)n31)C2.Cl. The smallest absolute Gasteiger partial charge is 0.358 e. The van der Waals surface area contributed by atoms with Gasteiger partial charge in [0.05, 0.1) is 25.9 Å². The lowest BCUT2D eigenvalue weighted by Crippen LogP contribution is -2.53. The quantitative estimate of drug-likeness (QED) is 0.694. The Labute approximate surface area is 179 Å². The predicted octanol–water partition coefficient (Wildman–Crippen LogP) is 0.543. The average molecular weight is 434 g/mol. The van der Waals surface area contributed by atoms with E-state index in [2.05, 4.69) is 10.4 Å². The van der Waals surface area contributed by atoms with E-state index < -0.39 is 12.0 Å². The molecule has 0 radical (unpaired) electrons. The van der Waals surface area contributed by atoms with Crippen molar-refractivity contribution in [3.63, 3.8) is 0 Å². The second kappa shape index (κ2) is 7.88. The number of methoxy groups -OCH3 is 1. The van der Waals surface area contributed by atoms with Gasteiger partial charge in [-0.25, -0.2) is 4.79 Å². The molecule has 3 aliphatic rings. The van der Waals surface area contributed by atoms with Crippen molar-refractivity contribution in [2.45, 2.75) is 31.5 Å². The average Bonchev–Trinajstić information content (AvgIpc) is 3.17. The molecule has 2 aromatic heterocycles. The van der Waals surface area contributed by atoms with Gasteiger partial charge in [0.25, 0.3) is 5.56 Å². The Balaban J connectivity index is 0.00000218. The number of carbonyl (C=O) groups is 2. The van der Waals surface area contributed by atoms with Crippen LogP contribution in [0.2, 0.25) is 0 Å². The first-order valence-corrected chi connectivity index (χ1v) is 9.93. The van der Waals surface area contributed by atoms with E-state index >= 15 is 0 Å². The molecule has 0 unspecified atom stereocenters. The summed E-state index contributed by atoms with van der Waals surface area (Å²) in [5.74, 6) is -0.181. The van der Waals surface area contributed by atoms with Crippen LogP contribution in [0.15, 0.2) is 29.1 Å². The number of fused-ring (bicyclic) bond motifs is 5. The first-order chi connectivity index (χ1) is 14.1. The van der Waals surface area contributed by atoms with Gasteiger partial charge >= 0.3 is 5.97 Å². The van der Waals surface area contributed by atoms with Crippen molar-refractivity contribution in [2.24, 2.45) is 5.92 Å². The molecule has 5 rings (SSSR count). The van der Waals surface area contributed by atoms with Gasteiger partial charge in [0.1, 0.15) is 6.04 Å². The summed E-state index contributed by atoms with van der Waals surface area (Å²) >= 11 is 0. The number of halogens is 1. The predicted molar refractivity (Wildman–Crippen MR) is 110 cm³/mol. The number of carbonyl (C=O) groups excluding carboxylic acids is 2. The van der Waals surface area contributed by atoms with Crippen LogP contribution < -0.4 is 10.9 Å². The molecule has 0 aliphatic carbocycles. The van der Waals surface area contributed by atoms with E-state index in [0.717, 1.165) is 30.9 Å². The number of piperidine rings is 1. The molecule has 1 fully saturated rings. The molecule has 1 saturated heterocycles. The third-order valence-corrected chi connectivity index (χ3v) is 6.31. The maximum atomic E-state index is 13.6. The number of rotatable bonds is 2. The minimum atomic E-state index is -0.503. The number of hydrogen-bond acceptors (Lipinski definition) is 6. The Bertz CT molecular complexity index is 1050. The van der Waals surface area contributed by atoms with E-state index in [-0.39, 0.29) is 41.4 Å². The van der Waals surface area contributed by atoms with Crippen molar-refractivity contribution >= 4 is 24.3 Å². The van der Waals surface area contributed by atoms with Crippen LogP contribution in [0.5, 0.6) is 0 Å². The fourth-order valence-corrected chi connectivity index (χ4v) is 4.96. The maximum Gasteiger partial charge on any atom is 0.358 e. The summed E-state index contributed by atoms with van der Waals surface area (Å²) in [7, 11) is 1.32. The first-order valence-electron chi connectivity index (χ1n) is 9.93. The zero-order valence-electron chi connectivity index (χ0n) is 16.6. The third kappa shape index (κ3) is 3.22. The molecule has 2 bridgehead atoms. The summed E-state index contributed by atoms with van der Waals surface area (Å²) < 4.78 is 8.20. The van der Waals surface area contributed by atoms with Gasteiger partial charge in [-0.05, 0) is 18.6 Å². The Morgan fingerprint density at radius 1 is 1.23 bits per heavy atom. The number of esters is 1. The Kier molecular flexibility index (Phi) is 5.42. The molecule has 0 saturated carbocycles. The van der Waals surface area contributed by atoms with E-state index in [0.29, 0.717) is 19.6 Å². The number of ether oxygens (including phenoxy) is 1. The fourth-order valence-electron chi connectivity index (χ4n) is 4.96. The first kappa shape index (κ1) is 20.6. The topological polar surface area (TPSA) is 98.5 Å². The number of pyridine rings is 1. The standard InChI is InChI=1S/C20H23N5O4.ClH/c1-29-20(28)15-8-14-11-23(5-6-24(14)22-15)19(27)18-13-7-12(9-21-10-13)16-3-2-4-17(26)25(16)18;/h2-4,8,12-13,18,21H,5-7,9-11H2,1H3;1H/t12-,13+,18-;/m1./s1. The summed E-state index contributed by atoms with van der Waals surface area (Å²) in [4.78, 5) is 39.8. The number of hydrogen-bond donors (Lipinski definition) is 1. The monoisotopic (exact) mass is 433 g/mol. The van der Waals surface area contributed by atoms with Crippen molar-refractivity contribution in [3.05, 3.63) is 51.7 Å². The normalized spacial score (nSPS) is 24.3. The van der Waals surface area contributed by atoms with Crippen LogP contribution >= 0.6 is 12.4 Å². The number of aromatic nitrogens is 3. The Hall–Kier alpha value is -2.65. The lowest BCUT2D eigenvalue weighted by molar-refractivity contribution is -0.139. The molecule has 3 atom stereocenters. The largest absolute Gasteiger partial charge is 0.464 e. The minimum absolute atomic E-state index is 0. The van der Waals surface area contributed by atoms with Crippen molar-refractivity contribution < 1.29 is 14.3 Å². The zero-order valence-corrected chi connectivity index (χ0v) is 17.4. The summed E-state index contributed by atoms with van der Waals surface area (Å²) in [6.07, 6.45) is 0.908. The summed E-state index contributed by atoms with van der Waals surface area (Å²) in [6, 6.07) is 6.44. The lowest BCUT2D eigenvalue weighted by Gasteiger charge is -2.44. The van der Waals surface area contributed by atoms with Gasteiger partial charge in [0.2, 0.25) is 5.91 Å². The van der Waals surface area contributed by atoms with Gasteiger partial charge in [-0.1, -0.05) is 6.07 Å². The molecule has 0 spiro atoms. The lowest BCUT2D eigenvalue weighted by atomic mass is 9.79. The van der Waals surface area contributed by atoms with E-state index in [1.807, 2.05) is 6.07 Å². The summed E-state index contributed by atoms with van der Waals surface area (Å²) in [5, 5.41) is 7.69. The van der Waals surface area contributed by atoms with Crippen molar-refractivity contribution in [1.82, 2.24) is 24.6 Å². The highest BCUT2D eigenvalue weighted by Gasteiger charge is 2.43. The van der Waals surface area contributed by atoms with E-state index in [1.165, 1.54) is 13.2 Å². The second-order valence-corrected chi connectivity index (χ2v) is 7.95. The maximum absolute atomic E-state index is 13.6. The molecule has 3 aliphatic heterocycles. The van der Waals surface area contributed by atoms with E-state index in [4.69, 9.17) is 4.74 Å². The molecule has 2 aromatic rings. The van der Waals surface area contributed by atoms with Gasteiger partial charge in [0, 0.05) is 43.2 Å². The van der Waals surface area contributed by atoms with Crippen molar-refractivity contribution in [3.8, 4) is 0 Å². The molecule has 1 amide bonds. The van der Waals surface area contributed by atoms with Gasteiger partial charge in [-0.3, -0.25) is 18.8 Å². The van der Waals surface area contributed by atoms with E-state index in [9.17, 15) is 14.4 Å². The van der Waals surface area contributed by atoms with E-state index in [1.54, 1.807) is 26.3 Å². The molecule has 30 heavy (non-hydrogen) atoms. The highest BCUT2D eigenvalue weighted by molar-refractivity contribution is 5.87.